The summed E-state index contributed by atoms with van der Waals surface area (Å²) in [4.78, 5) is 19.3. The van der Waals surface area contributed by atoms with E-state index in [0.29, 0.717) is 0 Å². The molecule has 0 unspecified atom stereocenters. The third kappa shape index (κ3) is 4.44. The van der Waals surface area contributed by atoms with Crippen molar-refractivity contribution >= 4 is 54.3 Å². The van der Waals surface area contributed by atoms with Crippen LogP contribution in [0.5, 0.6) is 0 Å². The Balaban J connectivity index is 1.23. The van der Waals surface area contributed by atoms with E-state index in [1.165, 1.54) is 4.70 Å². The fourth-order valence-electron chi connectivity index (χ4n) is 6.21. The molecule has 0 spiro atoms. The summed E-state index contributed by atoms with van der Waals surface area (Å²) in [5, 5.41) is 4.30. The molecular formula is C40H24N4S. The average Bonchev–Trinajstić information content (AvgIpc) is 3.55. The molecule has 0 aliphatic heterocycles. The molecule has 9 rings (SSSR count). The minimum atomic E-state index is 0.912. The van der Waals surface area contributed by atoms with Crippen LogP contribution in [0.4, 0.5) is 0 Å². The summed E-state index contributed by atoms with van der Waals surface area (Å²) in [6, 6.07) is 44.7. The number of hydrogen-bond acceptors (Lipinski definition) is 5. The number of para-hydroxylation sites is 1. The van der Waals surface area contributed by atoms with Crippen LogP contribution in [0.1, 0.15) is 0 Å². The highest BCUT2D eigenvalue weighted by Gasteiger charge is 2.16. The van der Waals surface area contributed by atoms with Gasteiger partial charge < -0.3 is 0 Å². The molecule has 5 heteroatoms. The summed E-state index contributed by atoms with van der Waals surface area (Å²) >= 11 is 1.73. The molecule has 0 saturated carbocycles. The number of hydrogen-bond donors (Lipinski definition) is 0. The Bertz CT molecular complexity index is 2550. The summed E-state index contributed by atoms with van der Waals surface area (Å²) in [5.74, 6) is 0. The number of fused-ring (bicyclic) bond motifs is 5. The topological polar surface area (TPSA) is 51.6 Å². The first kappa shape index (κ1) is 25.7. The Morgan fingerprint density at radius 2 is 1.16 bits per heavy atom. The molecule has 0 bridgehead atoms. The Morgan fingerprint density at radius 3 is 2.04 bits per heavy atom. The van der Waals surface area contributed by atoms with E-state index < -0.39 is 0 Å². The van der Waals surface area contributed by atoms with Crippen molar-refractivity contribution in [2.45, 2.75) is 0 Å². The molecule has 9 aromatic rings. The van der Waals surface area contributed by atoms with E-state index in [2.05, 4.69) is 114 Å². The Morgan fingerprint density at radius 1 is 0.422 bits per heavy atom. The summed E-state index contributed by atoms with van der Waals surface area (Å²) in [7, 11) is 0. The zero-order valence-corrected chi connectivity index (χ0v) is 24.9. The molecule has 0 aliphatic rings. The van der Waals surface area contributed by atoms with Crippen molar-refractivity contribution in [3.63, 3.8) is 0 Å². The largest absolute Gasteiger partial charge is 0.256 e. The van der Waals surface area contributed by atoms with Gasteiger partial charge >= 0.3 is 0 Å². The first-order valence-electron chi connectivity index (χ1n) is 14.9. The van der Waals surface area contributed by atoms with Gasteiger partial charge in [-0.25, -0.2) is 4.98 Å². The van der Waals surface area contributed by atoms with Crippen LogP contribution in [0.3, 0.4) is 0 Å². The van der Waals surface area contributed by atoms with Crippen LogP contribution in [-0.2, 0) is 0 Å². The van der Waals surface area contributed by atoms with Gasteiger partial charge in [0.25, 0.3) is 0 Å². The molecule has 210 valence electrons. The molecule has 4 heterocycles. The zero-order valence-electron chi connectivity index (χ0n) is 24.1. The van der Waals surface area contributed by atoms with Crippen molar-refractivity contribution in [1.29, 1.82) is 0 Å². The molecule has 45 heavy (non-hydrogen) atoms. The molecule has 4 nitrogen and oxygen atoms in total. The van der Waals surface area contributed by atoms with E-state index in [-0.39, 0.29) is 0 Å². The molecule has 0 fully saturated rings. The first-order valence-corrected chi connectivity index (χ1v) is 15.7. The number of pyridine rings is 3. The van der Waals surface area contributed by atoms with Crippen LogP contribution < -0.4 is 0 Å². The molecule has 5 aromatic carbocycles. The first-order chi connectivity index (χ1) is 22.3. The molecular weight excluding hydrogens is 569 g/mol. The molecule has 0 saturated heterocycles. The predicted molar refractivity (Wildman–Crippen MR) is 187 cm³/mol. The SMILES string of the molecule is c1ccc(-c2nc3ccc(-c4ccc(-c5cnc6c(ccc7cccnc76)c5)c(-c5cccc6cccnc56)c4)cc3s2)cc1. The summed E-state index contributed by atoms with van der Waals surface area (Å²) < 4.78 is 1.17. The second-order valence-corrected chi connectivity index (χ2v) is 12.2. The van der Waals surface area contributed by atoms with Gasteiger partial charge in [0.15, 0.2) is 0 Å². The molecule has 0 radical (unpaired) electrons. The van der Waals surface area contributed by atoms with Crippen LogP contribution in [0, 0.1) is 0 Å². The third-order valence-electron chi connectivity index (χ3n) is 8.42. The maximum absolute atomic E-state index is 4.94. The standard InChI is InChI=1S/C40H24N4S/c1-2-7-27(8-3-1)40-44-35-18-16-29(23-36(35)45-40)28-15-17-32(34(22-28)33-12-4-9-25-10-5-19-41-37(25)33)31-21-30-14-13-26-11-6-20-42-38(26)39(30)43-24-31/h1-24H. The van der Waals surface area contributed by atoms with Gasteiger partial charge in [-0.2, -0.15) is 0 Å². The lowest BCUT2D eigenvalue weighted by molar-refractivity contribution is 1.37. The predicted octanol–water partition coefficient (Wildman–Crippen LogP) is 10.6. The maximum atomic E-state index is 4.94. The van der Waals surface area contributed by atoms with E-state index in [4.69, 9.17) is 15.0 Å². The number of nitrogens with zero attached hydrogens (tertiary/aromatic N) is 4. The van der Waals surface area contributed by atoms with Crippen molar-refractivity contribution in [3.05, 3.63) is 146 Å². The van der Waals surface area contributed by atoms with E-state index in [1.54, 1.807) is 11.3 Å². The van der Waals surface area contributed by atoms with Crippen molar-refractivity contribution in [2.75, 3.05) is 0 Å². The zero-order chi connectivity index (χ0) is 29.7. The van der Waals surface area contributed by atoms with Gasteiger partial charge in [-0.15, -0.1) is 11.3 Å². The number of benzene rings is 5. The van der Waals surface area contributed by atoms with Gasteiger partial charge in [0.1, 0.15) is 5.01 Å². The van der Waals surface area contributed by atoms with Gasteiger partial charge in [0.05, 0.1) is 26.8 Å². The number of aromatic nitrogens is 4. The van der Waals surface area contributed by atoms with Gasteiger partial charge in [0.2, 0.25) is 0 Å². The molecule has 0 amide bonds. The smallest absolute Gasteiger partial charge is 0.124 e. The Hall–Kier alpha value is -5.78. The minimum Gasteiger partial charge on any atom is -0.256 e. The summed E-state index contributed by atoms with van der Waals surface area (Å²) in [6.45, 7) is 0. The van der Waals surface area contributed by atoms with E-state index in [0.717, 1.165) is 82.2 Å². The highest BCUT2D eigenvalue weighted by atomic mass is 32.1. The third-order valence-corrected chi connectivity index (χ3v) is 9.49. The van der Waals surface area contributed by atoms with Gasteiger partial charge in [0, 0.05) is 51.4 Å². The van der Waals surface area contributed by atoms with Crippen LogP contribution in [0.2, 0.25) is 0 Å². The van der Waals surface area contributed by atoms with Crippen LogP contribution in [-0.4, -0.2) is 19.9 Å². The van der Waals surface area contributed by atoms with Crippen molar-refractivity contribution in [1.82, 2.24) is 19.9 Å². The highest BCUT2D eigenvalue weighted by molar-refractivity contribution is 7.21. The quantitative estimate of drug-likeness (QED) is 0.191. The fraction of sp³-hybridized carbons (Fsp3) is 0. The lowest BCUT2D eigenvalue weighted by Gasteiger charge is -2.15. The fourth-order valence-corrected chi connectivity index (χ4v) is 7.22. The lowest BCUT2D eigenvalue weighted by atomic mass is 9.90. The van der Waals surface area contributed by atoms with E-state index in [1.807, 2.05) is 36.8 Å². The second-order valence-electron chi connectivity index (χ2n) is 11.1. The van der Waals surface area contributed by atoms with Crippen molar-refractivity contribution < 1.29 is 0 Å². The van der Waals surface area contributed by atoms with Gasteiger partial charge in [-0.05, 0) is 58.7 Å². The summed E-state index contributed by atoms with van der Waals surface area (Å²) in [5.41, 5.74) is 11.6. The van der Waals surface area contributed by atoms with Crippen LogP contribution in [0.25, 0.3) is 86.9 Å². The van der Waals surface area contributed by atoms with E-state index >= 15 is 0 Å². The van der Waals surface area contributed by atoms with Crippen LogP contribution >= 0.6 is 11.3 Å². The van der Waals surface area contributed by atoms with Gasteiger partial charge in [-0.3, -0.25) is 15.0 Å². The molecule has 0 aliphatic carbocycles. The monoisotopic (exact) mass is 592 g/mol. The normalized spacial score (nSPS) is 11.6. The lowest BCUT2D eigenvalue weighted by Crippen LogP contribution is -1.92. The number of rotatable bonds is 4. The van der Waals surface area contributed by atoms with E-state index in [9.17, 15) is 0 Å². The second kappa shape index (κ2) is 10.4. The summed E-state index contributed by atoms with van der Waals surface area (Å²) in [6.07, 6.45) is 5.67. The Labute approximate surface area is 263 Å². The van der Waals surface area contributed by atoms with Crippen molar-refractivity contribution in [3.8, 4) is 44.0 Å². The molecule has 0 N–H and O–H groups in total. The molecule has 0 atom stereocenters. The number of thiazole rings is 1. The van der Waals surface area contributed by atoms with Gasteiger partial charge in [-0.1, -0.05) is 91.0 Å². The Kier molecular flexibility index (Phi) is 5.96. The highest BCUT2D eigenvalue weighted by Crippen LogP contribution is 2.40. The molecule has 4 aromatic heterocycles. The minimum absolute atomic E-state index is 0.912. The maximum Gasteiger partial charge on any atom is 0.124 e. The van der Waals surface area contributed by atoms with Crippen LogP contribution in [0.15, 0.2) is 146 Å². The van der Waals surface area contributed by atoms with Crippen molar-refractivity contribution in [2.24, 2.45) is 0 Å². The average molecular weight is 593 g/mol.